The van der Waals surface area contributed by atoms with Gasteiger partial charge in [-0.2, -0.15) is 0 Å². The summed E-state index contributed by atoms with van der Waals surface area (Å²) in [4.78, 5) is 0. The van der Waals surface area contributed by atoms with Crippen LogP contribution in [0.15, 0.2) is 36.4 Å². The van der Waals surface area contributed by atoms with Gasteiger partial charge in [-0.15, -0.1) is 0 Å². The van der Waals surface area contributed by atoms with Crippen molar-refractivity contribution in [3.8, 4) is 11.5 Å². The number of nitrogens with two attached hydrogens (primary N) is 1. The van der Waals surface area contributed by atoms with Gasteiger partial charge < -0.3 is 15.2 Å². The summed E-state index contributed by atoms with van der Waals surface area (Å²) >= 11 is 8.34. The highest BCUT2D eigenvalue weighted by Gasteiger charge is 2.15. The molecule has 2 N–H and O–H groups in total. The molecule has 2 aromatic carbocycles. The molecule has 2 rings (SSSR count). The fourth-order valence-corrected chi connectivity index (χ4v) is 2.49. The minimum absolute atomic E-state index is 0.301. The van der Waals surface area contributed by atoms with Gasteiger partial charge in [-0.3, -0.25) is 0 Å². The van der Waals surface area contributed by atoms with Crippen LogP contribution >= 0.6 is 34.2 Å². The van der Waals surface area contributed by atoms with Crippen molar-refractivity contribution in [2.45, 2.75) is 6.04 Å². The monoisotopic (exact) mass is 403 g/mol. The summed E-state index contributed by atoms with van der Waals surface area (Å²) in [7, 11) is 3.24. The first-order valence-corrected chi connectivity index (χ1v) is 7.45. The highest BCUT2D eigenvalue weighted by Crippen LogP contribution is 2.33. The van der Waals surface area contributed by atoms with E-state index in [1.165, 1.54) is 0 Å². The molecule has 0 saturated heterocycles. The lowest BCUT2D eigenvalue weighted by atomic mass is 9.98. The third kappa shape index (κ3) is 3.19. The number of benzene rings is 2. The molecule has 0 saturated carbocycles. The lowest BCUT2D eigenvalue weighted by Crippen LogP contribution is -2.13. The van der Waals surface area contributed by atoms with Gasteiger partial charge in [-0.1, -0.05) is 17.7 Å². The zero-order chi connectivity index (χ0) is 14.7. The van der Waals surface area contributed by atoms with Crippen molar-refractivity contribution in [3.05, 3.63) is 56.1 Å². The van der Waals surface area contributed by atoms with Crippen LogP contribution in [-0.2, 0) is 0 Å². The Hall–Kier alpha value is -0.980. The topological polar surface area (TPSA) is 44.5 Å². The van der Waals surface area contributed by atoms with E-state index in [1.54, 1.807) is 14.2 Å². The largest absolute Gasteiger partial charge is 0.497 e. The average Bonchev–Trinajstić information content (AvgIpc) is 2.48. The van der Waals surface area contributed by atoms with Crippen LogP contribution in [-0.4, -0.2) is 14.2 Å². The predicted molar refractivity (Wildman–Crippen MR) is 89.7 cm³/mol. The molecule has 0 aliphatic carbocycles. The van der Waals surface area contributed by atoms with Gasteiger partial charge in [0, 0.05) is 15.2 Å². The smallest absolute Gasteiger partial charge is 0.127 e. The van der Waals surface area contributed by atoms with Crippen molar-refractivity contribution < 1.29 is 9.47 Å². The molecule has 0 amide bonds. The predicted octanol–water partition coefficient (Wildman–Crippen LogP) is 4.01. The number of rotatable bonds is 4. The van der Waals surface area contributed by atoms with Crippen molar-refractivity contribution in [1.82, 2.24) is 0 Å². The summed E-state index contributed by atoms with van der Waals surface area (Å²) in [5.41, 5.74) is 8.16. The number of ether oxygens (including phenoxy) is 2. The molecule has 1 unspecified atom stereocenters. The van der Waals surface area contributed by atoms with E-state index in [2.05, 4.69) is 22.6 Å². The summed E-state index contributed by atoms with van der Waals surface area (Å²) in [6.45, 7) is 0. The Bertz CT molecular complexity index is 619. The fraction of sp³-hybridized carbons (Fsp3) is 0.200. The zero-order valence-corrected chi connectivity index (χ0v) is 14.1. The highest BCUT2D eigenvalue weighted by molar-refractivity contribution is 14.1. The number of halogens is 2. The minimum Gasteiger partial charge on any atom is -0.497 e. The van der Waals surface area contributed by atoms with Gasteiger partial charge >= 0.3 is 0 Å². The van der Waals surface area contributed by atoms with E-state index in [1.807, 2.05) is 36.4 Å². The maximum absolute atomic E-state index is 6.32. The van der Waals surface area contributed by atoms with E-state index < -0.39 is 0 Å². The van der Waals surface area contributed by atoms with E-state index in [0.717, 1.165) is 20.4 Å². The van der Waals surface area contributed by atoms with E-state index >= 15 is 0 Å². The number of methoxy groups -OCH3 is 2. The quantitative estimate of drug-likeness (QED) is 0.785. The Labute approximate surface area is 137 Å². The Morgan fingerprint density at radius 1 is 1.10 bits per heavy atom. The summed E-state index contributed by atoms with van der Waals surface area (Å²) < 4.78 is 11.6. The molecule has 5 heteroatoms. The maximum atomic E-state index is 6.32. The maximum Gasteiger partial charge on any atom is 0.127 e. The summed E-state index contributed by atoms with van der Waals surface area (Å²) in [5, 5.41) is 0.700. The molecular formula is C15H15ClINO2. The molecule has 0 aromatic heterocycles. The van der Waals surface area contributed by atoms with Gasteiger partial charge in [0.2, 0.25) is 0 Å². The second kappa shape index (κ2) is 6.65. The van der Waals surface area contributed by atoms with Crippen LogP contribution in [0.5, 0.6) is 11.5 Å². The van der Waals surface area contributed by atoms with Gasteiger partial charge in [0.1, 0.15) is 11.5 Å². The lowest BCUT2D eigenvalue weighted by molar-refractivity contribution is 0.390. The number of hydrogen-bond donors (Lipinski definition) is 1. The number of hydrogen-bond acceptors (Lipinski definition) is 3. The van der Waals surface area contributed by atoms with Crippen LogP contribution in [0, 0.1) is 3.57 Å². The normalized spacial score (nSPS) is 12.1. The Morgan fingerprint density at radius 2 is 1.85 bits per heavy atom. The molecule has 3 nitrogen and oxygen atoms in total. The second-order valence-corrected chi connectivity index (χ2v) is 5.83. The van der Waals surface area contributed by atoms with Gasteiger partial charge in [0.15, 0.2) is 0 Å². The minimum atomic E-state index is -0.301. The van der Waals surface area contributed by atoms with Gasteiger partial charge in [0.05, 0.1) is 25.3 Å². The van der Waals surface area contributed by atoms with E-state index in [9.17, 15) is 0 Å². The van der Waals surface area contributed by atoms with Gasteiger partial charge in [-0.05, 0) is 52.4 Å². The van der Waals surface area contributed by atoms with Crippen LogP contribution in [0.4, 0.5) is 0 Å². The molecule has 106 valence electrons. The first kappa shape index (κ1) is 15.4. The Morgan fingerprint density at radius 3 is 2.45 bits per heavy atom. The van der Waals surface area contributed by atoms with Crippen LogP contribution in [0.3, 0.4) is 0 Å². The van der Waals surface area contributed by atoms with E-state index in [0.29, 0.717) is 10.8 Å². The molecule has 0 bridgehead atoms. The fourth-order valence-electron chi connectivity index (χ4n) is 1.96. The van der Waals surface area contributed by atoms with Crippen molar-refractivity contribution in [2.75, 3.05) is 14.2 Å². The first-order chi connectivity index (χ1) is 9.56. The summed E-state index contributed by atoms with van der Waals surface area (Å²) in [6.07, 6.45) is 0. The van der Waals surface area contributed by atoms with Crippen molar-refractivity contribution in [2.24, 2.45) is 5.73 Å². The molecule has 0 spiro atoms. The third-order valence-electron chi connectivity index (χ3n) is 3.08. The Kier molecular flexibility index (Phi) is 5.12. The van der Waals surface area contributed by atoms with Gasteiger partial charge in [0.25, 0.3) is 0 Å². The highest BCUT2D eigenvalue weighted by atomic mass is 127. The molecular weight excluding hydrogens is 389 g/mol. The van der Waals surface area contributed by atoms with Gasteiger partial charge in [-0.25, -0.2) is 0 Å². The van der Waals surface area contributed by atoms with E-state index in [-0.39, 0.29) is 6.04 Å². The van der Waals surface area contributed by atoms with Crippen molar-refractivity contribution >= 4 is 34.2 Å². The standard InChI is InChI=1S/C15H15ClINO2/c1-19-10-4-5-11(14(8-10)20-2)15(18)9-3-6-13(17)12(16)7-9/h3-8,15H,18H2,1-2H3. The van der Waals surface area contributed by atoms with Crippen LogP contribution in [0.1, 0.15) is 17.2 Å². The third-order valence-corrected chi connectivity index (χ3v) is 4.65. The molecule has 0 aliphatic rings. The average molecular weight is 404 g/mol. The Balaban J connectivity index is 2.41. The molecule has 0 aliphatic heterocycles. The molecule has 0 heterocycles. The van der Waals surface area contributed by atoms with Crippen molar-refractivity contribution in [3.63, 3.8) is 0 Å². The second-order valence-electron chi connectivity index (χ2n) is 4.26. The van der Waals surface area contributed by atoms with Crippen LogP contribution in [0.2, 0.25) is 5.02 Å². The molecule has 1 atom stereocenters. The summed E-state index contributed by atoms with van der Waals surface area (Å²) in [6, 6.07) is 11.1. The molecule has 2 aromatic rings. The van der Waals surface area contributed by atoms with Crippen LogP contribution < -0.4 is 15.2 Å². The SMILES string of the molecule is COc1ccc(C(N)c2ccc(I)c(Cl)c2)c(OC)c1. The first-order valence-electron chi connectivity index (χ1n) is 5.99. The van der Waals surface area contributed by atoms with Crippen LogP contribution in [0.25, 0.3) is 0 Å². The summed E-state index contributed by atoms with van der Waals surface area (Å²) in [5.74, 6) is 1.44. The molecule has 0 fully saturated rings. The molecule has 0 radical (unpaired) electrons. The van der Waals surface area contributed by atoms with E-state index in [4.69, 9.17) is 26.8 Å². The zero-order valence-electron chi connectivity index (χ0n) is 11.2. The lowest BCUT2D eigenvalue weighted by Gasteiger charge is -2.17. The molecule has 20 heavy (non-hydrogen) atoms. The van der Waals surface area contributed by atoms with Crippen molar-refractivity contribution in [1.29, 1.82) is 0 Å².